The summed E-state index contributed by atoms with van der Waals surface area (Å²) in [6.07, 6.45) is 0. The molecule has 0 amide bonds. The van der Waals surface area contributed by atoms with Crippen LogP contribution in [0.5, 0.6) is 5.75 Å². The fraction of sp³-hybridized carbons (Fsp3) is 0.167. The molecule has 0 radical (unpaired) electrons. The number of benzene rings is 3. The average molecular weight is 568 g/mol. The highest BCUT2D eigenvalue weighted by molar-refractivity contribution is 7.99. The topological polar surface area (TPSA) is 83.1 Å². The molecule has 3 aromatic carbocycles. The smallest absolute Gasteiger partial charge is 0.220 e. The van der Waals surface area contributed by atoms with Crippen LogP contribution < -0.4 is 4.74 Å². The van der Waals surface area contributed by atoms with Gasteiger partial charge < -0.3 is 4.74 Å². The zero-order chi connectivity index (χ0) is 25.8. The summed E-state index contributed by atoms with van der Waals surface area (Å²) in [5, 5.41) is 20.6. The Morgan fingerprint density at radius 2 is 1.78 bits per heavy atom. The molecule has 186 valence electrons. The second-order valence-electron chi connectivity index (χ2n) is 7.70. The number of rotatable bonds is 9. The van der Waals surface area contributed by atoms with Crippen molar-refractivity contribution in [2.75, 3.05) is 6.54 Å². The minimum absolute atomic E-state index is 0.0487. The number of aryl methyl sites for hydroxylation is 1. The molecule has 0 N–H and O–H groups in total. The number of nitro groups is 1. The third kappa shape index (κ3) is 6.28. The predicted octanol–water partition coefficient (Wildman–Crippen LogP) is 7.36. The van der Waals surface area contributed by atoms with Gasteiger partial charge in [-0.1, -0.05) is 58.7 Å². The van der Waals surface area contributed by atoms with Crippen molar-refractivity contribution in [1.82, 2.24) is 14.8 Å². The van der Waals surface area contributed by atoms with Crippen LogP contribution in [0.15, 0.2) is 65.8 Å². The highest BCUT2D eigenvalue weighted by atomic mass is 35.5. The second-order valence-corrected chi connectivity index (χ2v) is 10.1. The quantitative estimate of drug-likeness (QED) is 0.119. The van der Waals surface area contributed by atoms with Crippen molar-refractivity contribution in [1.29, 1.82) is 0 Å². The van der Waals surface area contributed by atoms with Crippen LogP contribution in [-0.2, 0) is 6.61 Å². The Morgan fingerprint density at radius 1 is 1.08 bits per heavy atom. The van der Waals surface area contributed by atoms with Gasteiger partial charge in [0.15, 0.2) is 10.9 Å². The first-order valence-electron chi connectivity index (χ1n) is 10.5. The van der Waals surface area contributed by atoms with Crippen LogP contribution in [0.3, 0.4) is 0 Å². The molecule has 0 aliphatic carbocycles. The van der Waals surface area contributed by atoms with Crippen LogP contribution >= 0.6 is 46.6 Å². The molecule has 0 fully saturated rings. The molecule has 4 aromatic rings. The Hall–Kier alpha value is -2.85. The van der Waals surface area contributed by atoms with Crippen LogP contribution in [0.4, 0.5) is 4.39 Å². The molecule has 7 nitrogen and oxygen atoms in total. The summed E-state index contributed by atoms with van der Waals surface area (Å²) in [6.45, 7) is 1.42. The molecule has 1 atom stereocenters. The number of halogens is 4. The molecule has 0 unspecified atom stereocenters. The summed E-state index contributed by atoms with van der Waals surface area (Å²) in [5.74, 6) is 0.429. The minimum atomic E-state index is -0.679. The average Bonchev–Trinajstić information content (AvgIpc) is 3.18. The van der Waals surface area contributed by atoms with E-state index in [4.69, 9.17) is 39.5 Å². The van der Waals surface area contributed by atoms with E-state index in [1.807, 2.05) is 12.1 Å². The molecule has 4 rings (SSSR count). The fourth-order valence-electron chi connectivity index (χ4n) is 3.47. The van der Waals surface area contributed by atoms with E-state index < -0.39 is 16.7 Å². The minimum Gasteiger partial charge on any atom is -0.486 e. The van der Waals surface area contributed by atoms with Gasteiger partial charge in [0.05, 0.1) is 10.0 Å². The van der Waals surface area contributed by atoms with E-state index in [1.165, 1.54) is 23.9 Å². The maximum Gasteiger partial charge on any atom is 0.220 e. The number of hydrogen-bond donors (Lipinski definition) is 0. The van der Waals surface area contributed by atoms with Crippen molar-refractivity contribution in [3.05, 3.63) is 109 Å². The summed E-state index contributed by atoms with van der Waals surface area (Å²) in [4.78, 5) is 11.1. The maximum atomic E-state index is 13.5. The Balaban J connectivity index is 1.62. The van der Waals surface area contributed by atoms with Gasteiger partial charge in [-0.2, -0.15) is 0 Å². The van der Waals surface area contributed by atoms with Crippen molar-refractivity contribution in [3.63, 3.8) is 0 Å². The van der Waals surface area contributed by atoms with Gasteiger partial charge >= 0.3 is 0 Å². The molecule has 36 heavy (non-hydrogen) atoms. The van der Waals surface area contributed by atoms with Crippen molar-refractivity contribution in [3.8, 4) is 11.4 Å². The standard InChI is InChI=1S/C24H18Cl3FN4O3S/c1-14-29-30-24(32(14)19-7-5-17(25)6-8-19)36-22(12-31(33)34)16-10-20(26)23(21(27)11-16)35-13-15-3-2-4-18(28)9-15/h2-11,22H,12-13H2,1H3/t22-/m1/s1. The Kier molecular flexibility index (Phi) is 8.35. The first-order valence-corrected chi connectivity index (χ1v) is 12.5. The second kappa shape index (κ2) is 11.5. The molecule has 0 aliphatic heterocycles. The lowest BCUT2D eigenvalue weighted by Crippen LogP contribution is -2.11. The number of ether oxygens (including phenoxy) is 1. The molecule has 0 aliphatic rings. The fourth-order valence-corrected chi connectivity index (χ4v) is 5.36. The van der Waals surface area contributed by atoms with E-state index >= 15 is 0 Å². The number of nitrogens with zero attached hydrogens (tertiary/aromatic N) is 4. The number of aromatic nitrogens is 3. The zero-order valence-electron chi connectivity index (χ0n) is 18.7. The van der Waals surface area contributed by atoms with Crippen molar-refractivity contribution >= 4 is 46.6 Å². The normalized spacial score (nSPS) is 11.9. The zero-order valence-corrected chi connectivity index (χ0v) is 21.8. The van der Waals surface area contributed by atoms with Crippen LogP contribution in [0.25, 0.3) is 5.69 Å². The molecule has 12 heteroatoms. The lowest BCUT2D eigenvalue weighted by Gasteiger charge is -2.17. The summed E-state index contributed by atoms with van der Waals surface area (Å²) in [7, 11) is 0. The van der Waals surface area contributed by atoms with Gasteiger partial charge in [-0.05, 0) is 66.6 Å². The highest BCUT2D eigenvalue weighted by Crippen LogP contribution is 2.42. The SMILES string of the molecule is Cc1nnc(S[C@H](C[N+](=O)[O-])c2cc(Cl)c(OCc3cccc(F)c3)c(Cl)c2)n1-c1ccc(Cl)cc1. The van der Waals surface area contributed by atoms with Gasteiger partial charge in [0.25, 0.3) is 0 Å². The Bertz CT molecular complexity index is 1380. The molecule has 0 bridgehead atoms. The molecule has 0 saturated heterocycles. The van der Waals surface area contributed by atoms with E-state index in [1.54, 1.807) is 47.9 Å². The highest BCUT2D eigenvalue weighted by Gasteiger charge is 2.26. The molecule has 1 aromatic heterocycles. The lowest BCUT2D eigenvalue weighted by molar-refractivity contribution is -0.479. The van der Waals surface area contributed by atoms with E-state index in [-0.39, 0.29) is 28.2 Å². The predicted molar refractivity (Wildman–Crippen MR) is 139 cm³/mol. The van der Waals surface area contributed by atoms with Gasteiger partial charge in [0.1, 0.15) is 23.5 Å². The largest absolute Gasteiger partial charge is 0.486 e. The summed E-state index contributed by atoms with van der Waals surface area (Å²) in [5.41, 5.74) is 1.89. The van der Waals surface area contributed by atoms with E-state index in [2.05, 4.69) is 10.2 Å². The van der Waals surface area contributed by atoms with Crippen LogP contribution in [0.2, 0.25) is 15.1 Å². The van der Waals surface area contributed by atoms with E-state index in [9.17, 15) is 14.5 Å². The van der Waals surface area contributed by atoms with Gasteiger partial charge in [-0.25, -0.2) is 4.39 Å². The molecule has 0 saturated carbocycles. The lowest BCUT2D eigenvalue weighted by atomic mass is 10.1. The Morgan fingerprint density at radius 3 is 2.42 bits per heavy atom. The monoisotopic (exact) mass is 566 g/mol. The number of hydrogen-bond acceptors (Lipinski definition) is 6. The summed E-state index contributed by atoms with van der Waals surface area (Å²) < 4.78 is 21.0. The third-order valence-electron chi connectivity index (χ3n) is 5.11. The van der Waals surface area contributed by atoms with Crippen molar-refractivity contribution < 1.29 is 14.1 Å². The summed E-state index contributed by atoms with van der Waals surface area (Å²) >= 11 is 20.1. The summed E-state index contributed by atoms with van der Waals surface area (Å²) in [6, 6.07) is 16.2. The molecular weight excluding hydrogens is 550 g/mol. The van der Waals surface area contributed by atoms with Crippen LogP contribution in [0.1, 0.15) is 22.2 Å². The first-order chi connectivity index (χ1) is 17.2. The van der Waals surface area contributed by atoms with E-state index in [0.717, 1.165) is 5.69 Å². The van der Waals surface area contributed by atoms with Crippen LogP contribution in [-0.4, -0.2) is 26.2 Å². The van der Waals surface area contributed by atoms with Crippen molar-refractivity contribution in [2.24, 2.45) is 0 Å². The third-order valence-corrected chi connectivity index (χ3v) is 7.10. The number of thioether (sulfide) groups is 1. The maximum absolute atomic E-state index is 13.5. The van der Waals surface area contributed by atoms with Crippen molar-refractivity contribution in [2.45, 2.75) is 23.9 Å². The van der Waals surface area contributed by atoms with Gasteiger partial charge in [-0.3, -0.25) is 14.7 Å². The van der Waals surface area contributed by atoms with Crippen LogP contribution in [0, 0.1) is 22.9 Å². The van der Waals surface area contributed by atoms with Gasteiger partial charge in [0.2, 0.25) is 6.54 Å². The molecule has 1 heterocycles. The van der Waals surface area contributed by atoms with Gasteiger partial charge in [-0.15, -0.1) is 10.2 Å². The first kappa shape index (κ1) is 26.2. The molecular formula is C24H18Cl3FN4O3S. The Labute approximate surface area is 225 Å². The molecule has 0 spiro atoms. The van der Waals surface area contributed by atoms with Gasteiger partial charge in [0, 0.05) is 15.6 Å². The van der Waals surface area contributed by atoms with E-state index in [0.29, 0.717) is 27.1 Å².